The number of hydrogen-bond acceptors (Lipinski definition) is 3. The smallest absolute Gasteiger partial charge is 0.251 e. The molecule has 0 bridgehead atoms. The lowest BCUT2D eigenvalue weighted by Gasteiger charge is -2.07. The molecule has 1 aromatic carbocycles. The zero-order valence-corrected chi connectivity index (χ0v) is 13.9. The molecule has 0 radical (unpaired) electrons. The standard InChI is InChI=1S/C19H20N4O/c1-14-6-7-16(13-15(14)2)19(24)21-10-12-23-11-8-18(22-23)17-5-3-4-9-20-17/h3-9,11,13H,10,12H2,1-2H3,(H,21,24). The first-order valence-electron chi connectivity index (χ1n) is 7.94. The summed E-state index contributed by atoms with van der Waals surface area (Å²) in [5, 5.41) is 7.41. The van der Waals surface area contributed by atoms with E-state index in [1.807, 2.05) is 67.2 Å². The average molecular weight is 320 g/mol. The molecular weight excluding hydrogens is 300 g/mol. The summed E-state index contributed by atoms with van der Waals surface area (Å²) in [4.78, 5) is 16.5. The van der Waals surface area contributed by atoms with Crippen LogP contribution in [0.5, 0.6) is 0 Å². The van der Waals surface area contributed by atoms with E-state index in [0.29, 0.717) is 18.7 Å². The average Bonchev–Trinajstić information content (AvgIpc) is 3.07. The molecular formula is C19H20N4O. The van der Waals surface area contributed by atoms with Crippen LogP contribution in [-0.4, -0.2) is 27.2 Å². The second-order valence-electron chi connectivity index (χ2n) is 5.73. The Kier molecular flexibility index (Phi) is 4.70. The Morgan fingerprint density at radius 1 is 1.08 bits per heavy atom. The fraction of sp³-hybridized carbons (Fsp3) is 0.211. The molecule has 24 heavy (non-hydrogen) atoms. The van der Waals surface area contributed by atoms with Crippen molar-refractivity contribution in [2.75, 3.05) is 6.54 Å². The SMILES string of the molecule is Cc1ccc(C(=O)NCCn2ccc(-c3ccccn3)n2)cc1C. The molecule has 5 nitrogen and oxygen atoms in total. The van der Waals surface area contributed by atoms with Crippen molar-refractivity contribution >= 4 is 5.91 Å². The Labute approximate surface area is 141 Å². The van der Waals surface area contributed by atoms with Gasteiger partial charge in [0.25, 0.3) is 5.91 Å². The van der Waals surface area contributed by atoms with E-state index in [9.17, 15) is 4.79 Å². The molecule has 3 aromatic rings. The molecule has 1 amide bonds. The second kappa shape index (κ2) is 7.08. The van der Waals surface area contributed by atoms with Gasteiger partial charge in [0.2, 0.25) is 0 Å². The highest BCUT2D eigenvalue weighted by Crippen LogP contribution is 2.12. The van der Waals surface area contributed by atoms with Gasteiger partial charge in [0.05, 0.1) is 12.2 Å². The number of carbonyl (C=O) groups is 1. The molecule has 2 heterocycles. The van der Waals surface area contributed by atoms with E-state index in [0.717, 1.165) is 17.0 Å². The first-order valence-corrected chi connectivity index (χ1v) is 7.94. The predicted octanol–water partition coefficient (Wildman–Crippen LogP) is 2.99. The summed E-state index contributed by atoms with van der Waals surface area (Å²) >= 11 is 0. The normalized spacial score (nSPS) is 10.6. The molecule has 0 saturated heterocycles. The number of nitrogens with zero attached hydrogens (tertiary/aromatic N) is 3. The van der Waals surface area contributed by atoms with Gasteiger partial charge in [-0.05, 0) is 55.3 Å². The molecule has 0 saturated carbocycles. The molecule has 0 aliphatic rings. The molecule has 0 atom stereocenters. The van der Waals surface area contributed by atoms with Crippen molar-refractivity contribution in [3.8, 4) is 11.4 Å². The number of amides is 1. The third kappa shape index (κ3) is 3.68. The van der Waals surface area contributed by atoms with Crippen molar-refractivity contribution in [3.05, 3.63) is 71.5 Å². The van der Waals surface area contributed by atoms with Gasteiger partial charge >= 0.3 is 0 Å². The fourth-order valence-corrected chi connectivity index (χ4v) is 2.41. The molecule has 1 N–H and O–H groups in total. The molecule has 0 fully saturated rings. The van der Waals surface area contributed by atoms with Crippen LogP contribution < -0.4 is 5.32 Å². The molecule has 5 heteroatoms. The van der Waals surface area contributed by atoms with Gasteiger partial charge in [-0.2, -0.15) is 5.10 Å². The Bertz CT molecular complexity index is 840. The van der Waals surface area contributed by atoms with Crippen molar-refractivity contribution in [3.63, 3.8) is 0 Å². The Morgan fingerprint density at radius 2 is 1.96 bits per heavy atom. The van der Waals surface area contributed by atoms with Gasteiger partial charge in [0.1, 0.15) is 5.69 Å². The summed E-state index contributed by atoms with van der Waals surface area (Å²) < 4.78 is 1.81. The lowest BCUT2D eigenvalue weighted by Crippen LogP contribution is -2.27. The summed E-state index contributed by atoms with van der Waals surface area (Å²) in [6, 6.07) is 13.4. The minimum Gasteiger partial charge on any atom is -0.350 e. The van der Waals surface area contributed by atoms with Gasteiger partial charge in [-0.3, -0.25) is 14.5 Å². The fourth-order valence-electron chi connectivity index (χ4n) is 2.41. The highest BCUT2D eigenvalue weighted by molar-refractivity contribution is 5.94. The maximum atomic E-state index is 12.2. The van der Waals surface area contributed by atoms with E-state index in [-0.39, 0.29) is 5.91 Å². The van der Waals surface area contributed by atoms with Crippen molar-refractivity contribution in [1.82, 2.24) is 20.1 Å². The molecule has 0 aliphatic carbocycles. The molecule has 0 spiro atoms. The topological polar surface area (TPSA) is 59.8 Å². The maximum absolute atomic E-state index is 12.2. The summed E-state index contributed by atoms with van der Waals surface area (Å²) in [7, 11) is 0. The third-order valence-electron chi connectivity index (χ3n) is 3.96. The van der Waals surface area contributed by atoms with Crippen molar-refractivity contribution < 1.29 is 4.79 Å². The number of aryl methyl sites for hydroxylation is 2. The first kappa shape index (κ1) is 15.9. The first-order chi connectivity index (χ1) is 11.6. The van der Waals surface area contributed by atoms with E-state index in [1.54, 1.807) is 6.20 Å². The van der Waals surface area contributed by atoms with Crippen molar-refractivity contribution in [2.24, 2.45) is 0 Å². The van der Waals surface area contributed by atoms with E-state index < -0.39 is 0 Å². The molecule has 122 valence electrons. The van der Waals surface area contributed by atoms with Crippen LogP contribution in [0.15, 0.2) is 54.9 Å². The van der Waals surface area contributed by atoms with Gasteiger partial charge in [-0.1, -0.05) is 12.1 Å². The summed E-state index contributed by atoms with van der Waals surface area (Å²) in [5.41, 5.74) is 4.67. The van der Waals surface area contributed by atoms with Gasteiger partial charge in [-0.25, -0.2) is 0 Å². The lowest BCUT2D eigenvalue weighted by atomic mass is 10.1. The van der Waals surface area contributed by atoms with Crippen LogP contribution in [0.4, 0.5) is 0 Å². The molecule has 0 unspecified atom stereocenters. The highest BCUT2D eigenvalue weighted by atomic mass is 16.1. The van der Waals surface area contributed by atoms with Crippen molar-refractivity contribution in [1.29, 1.82) is 0 Å². The predicted molar refractivity (Wildman–Crippen MR) is 93.7 cm³/mol. The Balaban J connectivity index is 1.56. The van der Waals surface area contributed by atoms with Crippen LogP contribution in [-0.2, 0) is 6.54 Å². The van der Waals surface area contributed by atoms with E-state index in [1.165, 1.54) is 5.56 Å². The Hall–Kier alpha value is -2.95. The number of aromatic nitrogens is 3. The van der Waals surface area contributed by atoms with Crippen LogP contribution >= 0.6 is 0 Å². The number of benzene rings is 1. The summed E-state index contributed by atoms with van der Waals surface area (Å²) in [6.45, 7) is 5.18. The molecule has 0 aliphatic heterocycles. The van der Waals surface area contributed by atoms with E-state index >= 15 is 0 Å². The maximum Gasteiger partial charge on any atom is 0.251 e. The number of rotatable bonds is 5. The van der Waals surface area contributed by atoms with Crippen LogP contribution in [0.25, 0.3) is 11.4 Å². The third-order valence-corrected chi connectivity index (χ3v) is 3.96. The summed E-state index contributed by atoms with van der Waals surface area (Å²) in [5.74, 6) is -0.0600. The minimum absolute atomic E-state index is 0.0600. The van der Waals surface area contributed by atoms with Gasteiger partial charge in [-0.15, -0.1) is 0 Å². The van der Waals surface area contributed by atoms with Crippen LogP contribution in [0, 0.1) is 13.8 Å². The van der Waals surface area contributed by atoms with Crippen LogP contribution in [0.3, 0.4) is 0 Å². The highest BCUT2D eigenvalue weighted by Gasteiger charge is 2.07. The zero-order chi connectivity index (χ0) is 16.9. The monoisotopic (exact) mass is 320 g/mol. The van der Waals surface area contributed by atoms with E-state index in [4.69, 9.17) is 0 Å². The zero-order valence-electron chi connectivity index (χ0n) is 13.9. The number of pyridine rings is 1. The van der Waals surface area contributed by atoms with Crippen LogP contribution in [0.1, 0.15) is 21.5 Å². The molecule has 2 aromatic heterocycles. The van der Waals surface area contributed by atoms with Crippen molar-refractivity contribution in [2.45, 2.75) is 20.4 Å². The number of hydrogen-bond donors (Lipinski definition) is 1. The quantitative estimate of drug-likeness (QED) is 0.786. The number of carbonyl (C=O) groups excluding carboxylic acids is 1. The Morgan fingerprint density at radius 3 is 2.71 bits per heavy atom. The second-order valence-corrected chi connectivity index (χ2v) is 5.73. The summed E-state index contributed by atoms with van der Waals surface area (Å²) in [6.07, 6.45) is 3.64. The number of nitrogens with one attached hydrogen (secondary N) is 1. The van der Waals surface area contributed by atoms with Gasteiger partial charge in [0.15, 0.2) is 0 Å². The van der Waals surface area contributed by atoms with E-state index in [2.05, 4.69) is 15.4 Å². The van der Waals surface area contributed by atoms with Gasteiger partial charge < -0.3 is 5.32 Å². The minimum atomic E-state index is -0.0600. The van der Waals surface area contributed by atoms with Gasteiger partial charge in [0, 0.05) is 24.5 Å². The largest absolute Gasteiger partial charge is 0.350 e. The molecule has 3 rings (SSSR count). The van der Waals surface area contributed by atoms with Crippen LogP contribution in [0.2, 0.25) is 0 Å². The lowest BCUT2D eigenvalue weighted by molar-refractivity contribution is 0.0952.